The van der Waals surface area contributed by atoms with Gasteiger partial charge in [0.15, 0.2) is 0 Å². The number of carbonyl (C=O) groups excluding carboxylic acids is 2. The predicted molar refractivity (Wildman–Crippen MR) is 143 cm³/mol. The number of rotatable bonds is 10. The molecule has 0 saturated carbocycles. The lowest BCUT2D eigenvalue weighted by molar-refractivity contribution is -0.128. The normalized spacial score (nSPS) is 15.4. The highest BCUT2D eigenvalue weighted by Crippen LogP contribution is 2.38. The van der Waals surface area contributed by atoms with Crippen molar-refractivity contribution in [1.29, 1.82) is 0 Å². The Morgan fingerprint density at radius 3 is 2.60 bits per heavy atom. The van der Waals surface area contributed by atoms with Gasteiger partial charge in [-0.25, -0.2) is 4.39 Å². The molecular formula is C27H26ClFN2O2S2. The number of carbonyl (C=O) groups is 2. The fourth-order valence-corrected chi connectivity index (χ4v) is 6.26. The Morgan fingerprint density at radius 1 is 1.09 bits per heavy atom. The van der Waals surface area contributed by atoms with Crippen molar-refractivity contribution in [1.82, 2.24) is 10.2 Å². The molecule has 4 rings (SSSR count). The van der Waals surface area contributed by atoms with E-state index in [4.69, 9.17) is 11.6 Å². The zero-order chi connectivity index (χ0) is 24.6. The molecule has 1 fully saturated rings. The number of hydrogen-bond donors (Lipinski definition) is 1. The third-order valence-corrected chi connectivity index (χ3v) is 8.35. The van der Waals surface area contributed by atoms with Crippen molar-refractivity contribution in [2.75, 3.05) is 24.6 Å². The van der Waals surface area contributed by atoms with E-state index >= 15 is 0 Å². The predicted octanol–water partition coefficient (Wildman–Crippen LogP) is 5.96. The molecule has 1 heterocycles. The Morgan fingerprint density at radius 2 is 1.86 bits per heavy atom. The molecule has 0 radical (unpaired) electrons. The molecule has 1 aliphatic rings. The Hall–Kier alpha value is -2.48. The number of halogens is 2. The topological polar surface area (TPSA) is 49.4 Å². The minimum Gasteiger partial charge on any atom is -0.351 e. The second-order valence-electron chi connectivity index (χ2n) is 8.12. The summed E-state index contributed by atoms with van der Waals surface area (Å²) in [6.07, 6.45) is 0.811. The van der Waals surface area contributed by atoms with E-state index in [2.05, 4.69) is 17.4 Å². The lowest BCUT2D eigenvalue weighted by Crippen LogP contribution is -2.30. The summed E-state index contributed by atoms with van der Waals surface area (Å²) in [5.74, 6) is 1.25. The molecule has 0 aromatic heterocycles. The summed E-state index contributed by atoms with van der Waals surface area (Å²) in [6, 6.07) is 22.3. The first-order valence-electron chi connectivity index (χ1n) is 11.4. The molecule has 8 heteroatoms. The third kappa shape index (κ3) is 6.81. The van der Waals surface area contributed by atoms with Crippen molar-refractivity contribution in [2.24, 2.45) is 0 Å². The first-order valence-corrected chi connectivity index (χ1v) is 13.9. The highest BCUT2D eigenvalue weighted by molar-refractivity contribution is 8.00. The van der Waals surface area contributed by atoms with E-state index in [-0.39, 0.29) is 23.0 Å². The molecule has 35 heavy (non-hydrogen) atoms. The van der Waals surface area contributed by atoms with Crippen molar-refractivity contribution in [3.05, 3.63) is 106 Å². The lowest BCUT2D eigenvalue weighted by Gasteiger charge is -2.24. The van der Waals surface area contributed by atoms with Gasteiger partial charge < -0.3 is 10.2 Å². The van der Waals surface area contributed by atoms with Gasteiger partial charge in [-0.15, -0.1) is 11.8 Å². The van der Waals surface area contributed by atoms with Crippen LogP contribution in [0.1, 0.15) is 32.4 Å². The number of benzene rings is 3. The van der Waals surface area contributed by atoms with E-state index in [1.165, 1.54) is 23.4 Å². The number of hydrogen-bond acceptors (Lipinski definition) is 4. The molecule has 0 unspecified atom stereocenters. The minimum absolute atomic E-state index is 0.0371. The van der Waals surface area contributed by atoms with E-state index in [1.807, 2.05) is 35.2 Å². The lowest BCUT2D eigenvalue weighted by atomic mass is 10.1. The molecular weight excluding hydrogens is 503 g/mol. The van der Waals surface area contributed by atoms with Crippen LogP contribution in [0.15, 0.2) is 72.8 Å². The first kappa shape index (κ1) is 25.6. The monoisotopic (exact) mass is 528 g/mol. The average molecular weight is 529 g/mol. The molecule has 3 aromatic carbocycles. The number of amides is 2. The van der Waals surface area contributed by atoms with Crippen molar-refractivity contribution < 1.29 is 14.0 Å². The fourth-order valence-electron chi connectivity index (χ4n) is 3.85. The number of nitrogens with zero attached hydrogens (tertiary/aromatic N) is 1. The van der Waals surface area contributed by atoms with Gasteiger partial charge in [-0.05, 0) is 41.8 Å². The van der Waals surface area contributed by atoms with Gasteiger partial charge in [0.2, 0.25) is 5.91 Å². The van der Waals surface area contributed by atoms with Crippen LogP contribution in [0, 0.1) is 5.82 Å². The maximum Gasteiger partial charge on any atom is 0.251 e. The molecule has 1 aliphatic heterocycles. The summed E-state index contributed by atoms with van der Waals surface area (Å²) in [5, 5.41) is 3.28. The van der Waals surface area contributed by atoms with Gasteiger partial charge in [0.1, 0.15) is 11.2 Å². The van der Waals surface area contributed by atoms with E-state index < -0.39 is 0 Å². The summed E-state index contributed by atoms with van der Waals surface area (Å²) in [6.45, 7) is 1.13. The Bertz CT molecular complexity index is 1140. The second-order valence-corrected chi connectivity index (χ2v) is 10.7. The first-order chi connectivity index (χ1) is 17.0. The van der Waals surface area contributed by atoms with Crippen molar-refractivity contribution in [3.63, 3.8) is 0 Å². The van der Waals surface area contributed by atoms with E-state index in [0.717, 1.165) is 12.0 Å². The molecule has 4 nitrogen and oxygen atoms in total. The third-order valence-electron chi connectivity index (χ3n) is 5.75. The zero-order valence-electron chi connectivity index (χ0n) is 19.1. The van der Waals surface area contributed by atoms with Crippen LogP contribution in [-0.4, -0.2) is 41.3 Å². The Labute approximate surface area is 218 Å². The second kappa shape index (κ2) is 12.5. The SMILES string of the molecule is O=C(NCCSCc1c(F)cccc1Cl)c1ccc([C@H]2SCC(=O)N2CCc2ccccc2)cc1. The van der Waals surface area contributed by atoms with Crippen LogP contribution >= 0.6 is 35.1 Å². The molecule has 182 valence electrons. The zero-order valence-corrected chi connectivity index (χ0v) is 21.5. The van der Waals surface area contributed by atoms with Crippen LogP contribution in [0.5, 0.6) is 0 Å². The highest BCUT2D eigenvalue weighted by Gasteiger charge is 2.32. The minimum atomic E-state index is -0.310. The standard InChI is InChI=1S/C27H26ClFN2O2S2/c28-23-7-4-8-24(29)22(23)17-34-16-14-30-26(33)20-9-11-21(12-10-20)27-31(25(32)18-35-27)15-13-19-5-2-1-3-6-19/h1-12,27H,13-18H2,(H,30,33)/t27-/m1/s1. The van der Waals surface area contributed by atoms with Crippen molar-refractivity contribution in [2.45, 2.75) is 17.5 Å². The summed E-state index contributed by atoms with van der Waals surface area (Å²) in [5.41, 5.74) is 3.28. The van der Waals surface area contributed by atoms with Crippen molar-refractivity contribution in [3.8, 4) is 0 Å². The van der Waals surface area contributed by atoms with Crippen molar-refractivity contribution >= 4 is 46.9 Å². The van der Waals surface area contributed by atoms with Crippen LogP contribution in [0.25, 0.3) is 0 Å². The molecule has 2 amide bonds. The van der Waals surface area contributed by atoms with Gasteiger partial charge in [0.25, 0.3) is 5.91 Å². The molecule has 1 atom stereocenters. The van der Waals surface area contributed by atoms with Gasteiger partial charge >= 0.3 is 0 Å². The van der Waals surface area contributed by atoms with Gasteiger partial charge in [0, 0.05) is 40.7 Å². The molecule has 0 spiro atoms. The Balaban J connectivity index is 1.26. The molecule has 3 aromatic rings. The van der Waals surface area contributed by atoms with Gasteiger partial charge in [0.05, 0.1) is 5.75 Å². The highest BCUT2D eigenvalue weighted by atomic mass is 35.5. The number of nitrogens with one attached hydrogen (secondary N) is 1. The maximum atomic E-state index is 13.8. The maximum absolute atomic E-state index is 13.8. The Kier molecular flexibility index (Phi) is 9.12. The molecule has 1 N–H and O–H groups in total. The van der Waals surface area contributed by atoms with Crippen LogP contribution in [0.3, 0.4) is 0 Å². The van der Waals surface area contributed by atoms with Crippen LogP contribution in [0.4, 0.5) is 4.39 Å². The van der Waals surface area contributed by atoms with Crippen LogP contribution < -0.4 is 5.32 Å². The van der Waals surface area contributed by atoms with E-state index in [9.17, 15) is 14.0 Å². The van der Waals surface area contributed by atoms with E-state index in [1.54, 1.807) is 36.0 Å². The van der Waals surface area contributed by atoms with Gasteiger partial charge in [-0.3, -0.25) is 9.59 Å². The molecule has 0 bridgehead atoms. The average Bonchev–Trinajstić information content (AvgIpc) is 3.24. The summed E-state index contributed by atoms with van der Waals surface area (Å²) < 4.78 is 13.8. The molecule has 1 saturated heterocycles. The molecule has 0 aliphatic carbocycles. The van der Waals surface area contributed by atoms with Gasteiger partial charge in [-0.1, -0.05) is 60.1 Å². The summed E-state index contributed by atoms with van der Waals surface area (Å²) >= 11 is 9.18. The largest absolute Gasteiger partial charge is 0.351 e. The van der Waals surface area contributed by atoms with Gasteiger partial charge in [-0.2, -0.15) is 11.8 Å². The number of thioether (sulfide) groups is 2. The van der Waals surface area contributed by atoms with Crippen LogP contribution in [0.2, 0.25) is 5.02 Å². The fraction of sp³-hybridized carbons (Fsp3) is 0.259. The summed E-state index contributed by atoms with van der Waals surface area (Å²) in [7, 11) is 0. The van der Waals surface area contributed by atoms with Crippen LogP contribution in [-0.2, 0) is 17.0 Å². The van der Waals surface area contributed by atoms with E-state index in [0.29, 0.717) is 46.5 Å². The summed E-state index contributed by atoms with van der Waals surface area (Å²) in [4.78, 5) is 26.9. The quantitative estimate of drug-likeness (QED) is 0.330. The smallest absolute Gasteiger partial charge is 0.251 e.